The van der Waals surface area contributed by atoms with Gasteiger partial charge in [-0.3, -0.25) is 4.79 Å². The number of ether oxygens (including phenoxy) is 2. The molecule has 0 fully saturated rings. The minimum Gasteiger partial charge on any atom is -0.497 e. The number of nitrogens with one attached hydrogen (secondary N) is 1. The van der Waals surface area contributed by atoms with Crippen LogP contribution in [0.15, 0.2) is 60.7 Å². The minimum absolute atomic E-state index is 0.211. The molecule has 0 bridgehead atoms. The first kappa shape index (κ1) is 16.4. The van der Waals surface area contributed by atoms with Gasteiger partial charge in [0.25, 0.3) is 5.91 Å². The third-order valence-electron chi connectivity index (χ3n) is 3.60. The average Bonchev–Trinajstić information content (AvgIpc) is 2.68. The molecular formula is C19H17N3O3. The van der Waals surface area contributed by atoms with Gasteiger partial charge in [0.2, 0.25) is 5.88 Å². The number of methoxy groups -OCH3 is 2. The highest BCUT2D eigenvalue weighted by atomic mass is 16.5. The van der Waals surface area contributed by atoms with E-state index in [0.717, 1.165) is 5.56 Å². The number of rotatable bonds is 5. The zero-order valence-corrected chi connectivity index (χ0v) is 13.9. The van der Waals surface area contributed by atoms with Crippen molar-refractivity contribution in [1.29, 1.82) is 0 Å². The third kappa shape index (κ3) is 3.92. The van der Waals surface area contributed by atoms with Gasteiger partial charge < -0.3 is 14.8 Å². The lowest BCUT2D eigenvalue weighted by molar-refractivity contribution is 0.102. The molecule has 6 heteroatoms. The molecule has 6 nitrogen and oxygen atoms in total. The third-order valence-corrected chi connectivity index (χ3v) is 3.60. The molecular weight excluding hydrogens is 318 g/mol. The number of hydrogen-bond donors (Lipinski definition) is 1. The molecule has 2 aromatic carbocycles. The number of anilines is 1. The SMILES string of the molecule is COc1cccc(C(=O)Nc2cccc(-c3ccc(OC)nn3)c2)c1. The van der Waals surface area contributed by atoms with Crippen molar-refractivity contribution >= 4 is 11.6 Å². The molecule has 0 atom stereocenters. The van der Waals surface area contributed by atoms with Gasteiger partial charge in [0, 0.05) is 22.9 Å². The largest absolute Gasteiger partial charge is 0.497 e. The normalized spacial score (nSPS) is 10.2. The van der Waals surface area contributed by atoms with E-state index in [2.05, 4.69) is 15.5 Å². The average molecular weight is 335 g/mol. The molecule has 3 rings (SSSR count). The Kier molecular flexibility index (Phi) is 4.89. The second kappa shape index (κ2) is 7.44. The number of carbonyl (C=O) groups is 1. The Morgan fingerprint density at radius 3 is 2.48 bits per heavy atom. The Labute approximate surface area is 145 Å². The van der Waals surface area contributed by atoms with E-state index >= 15 is 0 Å². The van der Waals surface area contributed by atoms with Crippen LogP contribution in [0.3, 0.4) is 0 Å². The Morgan fingerprint density at radius 1 is 0.920 bits per heavy atom. The monoisotopic (exact) mass is 335 g/mol. The van der Waals surface area contributed by atoms with E-state index in [-0.39, 0.29) is 5.91 Å². The Hall–Kier alpha value is -3.41. The minimum atomic E-state index is -0.211. The Morgan fingerprint density at radius 2 is 1.76 bits per heavy atom. The van der Waals surface area contributed by atoms with E-state index in [1.54, 1.807) is 44.6 Å². The first-order valence-corrected chi connectivity index (χ1v) is 7.63. The summed E-state index contributed by atoms with van der Waals surface area (Å²) >= 11 is 0. The van der Waals surface area contributed by atoms with Gasteiger partial charge in [0.05, 0.1) is 19.9 Å². The number of benzene rings is 2. The molecule has 0 saturated heterocycles. The number of hydrogen-bond acceptors (Lipinski definition) is 5. The fourth-order valence-corrected chi connectivity index (χ4v) is 2.31. The number of carbonyl (C=O) groups excluding carboxylic acids is 1. The zero-order valence-electron chi connectivity index (χ0n) is 13.9. The molecule has 0 aliphatic heterocycles. The van der Waals surface area contributed by atoms with Crippen molar-refractivity contribution < 1.29 is 14.3 Å². The Balaban J connectivity index is 1.80. The Bertz CT molecular complexity index is 879. The molecule has 0 spiro atoms. The maximum Gasteiger partial charge on any atom is 0.255 e. The summed E-state index contributed by atoms with van der Waals surface area (Å²) in [5.41, 5.74) is 2.73. The summed E-state index contributed by atoms with van der Waals surface area (Å²) in [7, 11) is 3.11. The van der Waals surface area contributed by atoms with Crippen LogP contribution in [-0.4, -0.2) is 30.3 Å². The van der Waals surface area contributed by atoms with Gasteiger partial charge in [0.15, 0.2) is 0 Å². The summed E-state index contributed by atoms with van der Waals surface area (Å²) in [6, 6.07) is 18.0. The van der Waals surface area contributed by atoms with E-state index in [1.165, 1.54) is 0 Å². The van der Waals surface area contributed by atoms with E-state index in [4.69, 9.17) is 9.47 Å². The molecule has 1 N–H and O–H groups in total. The highest BCUT2D eigenvalue weighted by Crippen LogP contribution is 2.22. The van der Waals surface area contributed by atoms with Gasteiger partial charge in [-0.15, -0.1) is 10.2 Å². The topological polar surface area (TPSA) is 73.3 Å². The standard InChI is InChI=1S/C19H17N3O3/c1-24-16-8-4-6-14(12-16)19(23)20-15-7-3-5-13(11-15)17-9-10-18(25-2)22-21-17/h3-12H,1-2H3,(H,20,23). The van der Waals surface area contributed by atoms with E-state index < -0.39 is 0 Å². The van der Waals surface area contributed by atoms with Crippen molar-refractivity contribution in [2.24, 2.45) is 0 Å². The smallest absolute Gasteiger partial charge is 0.255 e. The van der Waals surface area contributed by atoms with Crippen LogP contribution in [0.1, 0.15) is 10.4 Å². The lowest BCUT2D eigenvalue weighted by Crippen LogP contribution is -2.11. The maximum atomic E-state index is 12.4. The number of nitrogens with zero attached hydrogens (tertiary/aromatic N) is 2. The van der Waals surface area contributed by atoms with Gasteiger partial charge in [-0.1, -0.05) is 18.2 Å². The van der Waals surface area contributed by atoms with E-state index in [9.17, 15) is 4.79 Å². The van der Waals surface area contributed by atoms with E-state index in [0.29, 0.717) is 28.6 Å². The van der Waals surface area contributed by atoms with Crippen molar-refractivity contribution in [2.75, 3.05) is 19.5 Å². The fraction of sp³-hybridized carbons (Fsp3) is 0.105. The molecule has 0 saturated carbocycles. The molecule has 0 aliphatic carbocycles. The summed E-state index contributed by atoms with van der Waals surface area (Å²) in [6.07, 6.45) is 0. The molecule has 25 heavy (non-hydrogen) atoms. The summed E-state index contributed by atoms with van der Waals surface area (Å²) in [5, 5.41) is 10.9. The number of aromatic nitrogens is 2. The van der Waals surface area contributed by atoms with Crippen molar-refractivity contribution in [1.82, 2.24) is 10.2 Å². The molecule has 0 radical (unpaired) electrons. The summed E-state index contributed by atoms with van der Waals surface area (Å²) < 4.78 is 10.2. The van der Waals surface area contributed by atoms with Gasteiger partial charge >= 0.3 is 0 Å². The fourth-order valence-electron chi connectivity index (χ4n) is 2.31. The lowest BCUT2D eigenvalue weighted by Gasteiger charge is -2.08. The lowest BCUT2D eigenvalue weighted by atomic mass is 10.1. The molecule has 126 valence electrons. The van der Waals surface area contributed by atoms with Gasteiger partial charge in [-0.05, 0) is 36.4 Å². The number of amides is 1. The van der Waals surface area contributed by atoms with Crippen LogP contribution in [0.2, 0.25) is 0 Å². The van der Waals surface area contributed by atoms with Crippen molar-refractivity contribution in [3.8, 4) is 22.9 Å². The van der Waals surface area contributed by atoms with Crippen LogP contribution in [-0.2, 0) is 0 Å². The first-order chi connectivity index (χ1) is 12.2. The summed E-state index contributed by atoms with van der Waals surface area (Å²) in [4.78, 5) is 12.4. The second-order valence-electron chi connectivity index (χ2n) is 5.23. The highest BCUT2D eigenvalue weighted by molar-refractivity contribution is 6.04. The van der Waals surface area contributed by atoms with Crippen molar-refractivity contribution in [3.05, 3.63) is 66.2 Å². The van der Waals surface area contributed by atoms with Crippen LogP contribution in [0, 0.1) is 0 Å². The van der Waals surface area contributed by atoms with Gasteiger partial charge in [-0.25, -0.2) is 0 Å². The van der Waals surface area contributed by atoms with Crippen LogP contribution in [0.5, 0.6) is 11.6 Å². The van der Waals surface area contributed by atoms with Crippen LogP contribution in [0.25, 0.3) is 11.3 Å². The van der Waals surface area contributed by atoms with Gasteiger partial charge in [-0.2, -0.15) is 0 Å². The summed E-state index contributed by atoms with van der Waals surface area (Å²) in [6.45, 7) is 0. The predicted molar refractivity (Wildman–Crippen MR) is 95.0 cm³/mol. The van der Waals surface area contributed by atoms with Crippen molar-refractivity contribution in [3.63, 3.8) is 0 Å². The summed E-state index contributed by atoms with van der Waals surface area (Å²) in [5.74, 6) is 0.873. The molecule has 0 aliphatic rings. The van der Waals surface area contributed by atoms with Crippen LogP contribution >= 0.6 is 0 Å². The zero-order chi connectivity index (χ0) is 17.6. The maximum absolute atomic E-state index is 12.4. The quantitative estimate of drug-likeness (QED) is 0.773. The van der Waals surface area contributed by atoms with Crippen LogP contribution < -0.4 is 14.8 Å². The highest BCUT2D eigenvalue weighted by Gasteiger charge is 2.08. The van der Waals surface area contributed by atoms with E-state index in [1.807, 2.05) is 30.3 Å². The first-order valence-electron chi connectivity index (χ1n) is 7.63. The predicted octanol–water partition coefficient (Wildman–Crippen LogP) is 3.41. The molecule has 0 unspecified atom stereocenters. The van der Waals surface area contributed by atoms with Gasteiger partial charge in [0.1, 0.15) is 5.75 Å². The molecule has 1 amide bonds. The second-order valence-corrected chi connectivity index (χ2v) is 5.23. The van der Waals surface area contributed by atoms with Crippen LogP contribution in [0.4, 0.5) is 5.69 Å². The molecule has 1 aromatic heterocycles. The molecule has 3 aromatic rings. The van der Waals surface area contributed by atoms with Crippen molar-refractivity contribution in [2.45, 2.75) is 0 Å². The molecule has 1 heterocycles.